The smallest absolute Gasteiger partial charge is 0.416 e. The maximum atomic E-state index is 12.7. The summed E-state index contributed by atoms with van der Waals surface area (Å²) in [5, 5.41) is 8.36. The molecule has 3 rings (SSSR count). The van der Waals surface area contributed by atoms with E-state index < -0.39 is 11.7 Å². The topological polar surface area (TPSA) is 52.8 Å². The summed E-state index contributed by atoms with van der Waals surface area (Å²) >= 11 is 0. The lowest BCUT2D eigenvalue weighted by Gasteiger charge is -2.20. The van der Waals surface area contributed by atoms with Crippen molar-refractivity contribution in [3.63, 3.8) is 0 Å². The second-order valence-electron chi connectivity index (χ2n) is 6.04. The van der Waals surface area contributed by atoms with Crippen molar-refractivity contribution in [2.24, 2.45) is 7.05 Å². The average molecular weight is 340 g/mol. The Morgan fingerprint density at radius 3 is 2.67 bits per heavy atom. The summed E-state index contributed by atoms with van der Waals surface area (Å²) in [6.07, 6.45) is 2.51. The summed E-state index contributed by atoms with van der Waals surface area (Å²) in [4.78, 5) is 3.81. The Morgan fingerprint density at radius 2 is 1.96 bits per heavy atom. The zero-order valence-electron chi connectivity index (χ0n) is 13.4. The third-order valence-electron chi connectivity index (χ3n) is 4.38. The van der Waals surface area contributed by atoms with Crippen molar-refractivity contribution in [1.29, 1.82) is 0 Å². The predicted molar refractivity (Wildman–Crippen MR) is 80.4 cm³/mol. The van der Waals surface area contributed by atoms with Gasteiger partial charge in [0.05, 0.1) is 5.56 Å². The molecule has 0 aromatic carbocycles. The Labute approximate surface area is 137 Å². The molecule has 8 heteroatoms. The van der Waals surface area contributed by atoms with Crippen LogP contribution >= 0.6 is 0 Å². The number of hydrogen-bond acceptors (Lipinski definition) is 4. The van der Waals surface area contributed by atoms with E-state index in [1.54, 1.807) is 0 Å². The molecule has 0 atom stereocenters. The van der Waals surface area contributed by atoms with Gasteiger partial charge in [0.15, 0.2) is 5.82 Å². The van der Waals surface area contributed by atoms with Gasteiger partial charge in [-0.25, -0.2) is 4.98 Å². The second kappa shape index (κ2) is 6.78. The van der Waals surface area contributed by atoms with Gasteiger partial charge in [-0.1, -0.05) is 19.3 Å². The van der Waals surface area contributed by atoms with Crippen molar-refractivity contribution in [2.75, 3.05) is 0 Å². The van der Waals surface area contributed by atoms with Crippen LogP contribution in [0.1, 0.15) is 55.2 Å². The minimum absolute atomic E-state index is 0.0323. The van der Waals surface area contributed by atoms with Crippen molar-refractivity contribution in [2.45, 2.75) is 50.8 Å². The van der Waals surface area contributed by atoms with E-state index in [1.165, 1.54) is 19.3 Å². The maximum Gasteiger partial charge on any atom is 0.416 e. The fourth-order valence-corrected chi connectivity index (χ4v) is 3.02. The molecule has 0 aliphatic heterocycles. The maximum absolute atomic E-state index is 12.7. The Hall–Kier alpha value is -2.12. The largest absolute Gasteiger partial charge is 0.469 e. The highest BCUT2D eigenvalue weighted by molar-refractivity contribution is 5.23. The number of hydrogen-bond donors (Lipinski definition) is 0. The first kappa shape index (κ1) is 16.7. The van der Waals surface area contributed by atoms with Gasteiger partial charge >= 0.3 is 6.18 Å². The first-order valence-corrected chi connectivity index (χ1v) is 7.99. The molecule has 24 heavy (non-hydrogen) atoms. The van der Waals surface area contributed by atoms with Crippen LogP contribution in [0.4, 0.5) is 13.2 Å². The van der Waals surface area contributed by atoms with Crippen LogP contribution in [-0.4, -0.2) is 19.7 Å². The van der Waals surface area contributed by atoms with Crippen molar-refractivity contribution < 1.29 is 17.9 Å². The van der Waals surface area contributed by atoms with Crippen LogP contribution in [0.2, 0.25) is 0 Å². The molecule has 2 aromatic rings. The van der Waals surface area contributed by atoms with Crippen molar-refractivity contribution >= 4 is 0 Å². The number of ether oxygens (including phenoxy) is 1. The molecule has 1 aliphatic rings. The molecule has 130 valence electrons. The highest BCUT2D eigenvalue weighted by atomic mass is 19.4. The quantitative estimate of drug-likeness (QED) is 0.848. The first-order valence-electron chi connectivity index (χ1n) is 7.99. The summed E-state index contributed by atoms with van der Waals surface area (Å²) < 4.78 is 45.3. The van der Waals surface area contributed by atoms with E-state index >= 15 is 0 Å². The number of halogens is 3. The minimum Gasteiger partial charge on any atom is -0.469 e. The Bertz CT molecular complexity index is 693. The third kappa shape index (κ3) is 3.68. The van der Waals surface area contributed by atoms with Gasteiger partial charge in [0.25, 0.3) is 0 Å². The van der Waals surface area contributed by atoms with Crippen molar-refractivity contribution in [3.05, 3.63) is 35.5 Å². The van der Waals surface area contributed by atoms with Gasteiger partial charge in [0.1, 0.15) is 12.4 Å². The van der Waals surface area contributed by atoms with E-state index in [4.69, 9.17) is 4.74 Å². The third-order valence-corrected chi connectivity index (χ3v) is 4.38. The molecule has 2 heterocycles. The molecular formula is C16H19F3N4O. The summed E-state index contributed by atoms with van der Waals surface area (Å²) in [6, 6.07) is 1.80. The van der Waals surface area contributed by atoms with E-state index in [9.17, 15) is 13.2 Å². The van der Waals surface area contributed by atoms with E-state index in [-0.39, 0.29) is 12.5 Å². The van der Waals surface area contributed by atoms with Crippen LogP contribution in [0.5, 0.6) is 5.88 Å². The lowest BCUT2D eigenvalue weighted by Crippen LogP contribution is -2.12. The summed E-state index contributed by atoms with van der Waals surface area (Å²) in [5.74, 6) is 1.82. The van der Waals surface area contributed by atoms with Gasteiger partial charge in [0.2, 0.25) is 5.88 Å². The molecule has 1 saturated carbocycles. The molecule has 0 saturated heterocycles. The Kier molecular flexibility index (Phi) is 4.73. The number of aromatic nitrogens is 4. The number of rotatable bonds is 4. The molecule has 0 unspecified atom stereocenters. The van der Waals surface area contributed by atoms with E-state index in [0.29, 0.717) is 11.7 Å². The van der Waals surface area contributed by atoms with Crippen LogP contribution in [-0.2, 0) is 19.8 Å². The monoisotopic (exact) mass is 340 g/mol. The van der Waals surface area contributed by atoms with Crippen LogP contribution < -0.4 is 4.74 Å². The zero-order valence-corrected chi connectivity index (χ0v) is 13.4. The van der Waals surface area contributed by atoms with Crippen LogP contribution in [0.3, 0.4) is 0 Å². The molecule has 0 N–H and O–H groups in total. The Morgan fingerprint density at radius 1 is 1.21 bits per heavy atom. The van der Waals surface area contributed by atoms with Crippen molar-refractivity contribution in [1.82, 2.24) is 19.7 Å². The highest BCUT2D eigenvalue weighted by Gasteiger charge is 2.31. The van der Waals surface area contributed by atoms with Crippen LogP contribution in [0, 0.1) is 0 Å². The summed E-state index contributed by atoms with van der Waals surface area (Å²) in [5.41, 5.74) is -0.784. The fourth-order valence-electron chi connectivity index (χ4n) is 3.02. The normalized spacial score (nSPS) is 16.3. The highest BCUT2D eigenvalue weighted by Crippen LogP contribution is 2.32. The van der Waals surface area contributed by atoms with Gasteiger partial charge in [-0.05, 0) is 18.9 Å². The summed E-state index contributed by atoms with van der Waals surface area (Å²) in [7, 11) is 1.86. The lowest BCUT2D eigenvalue weighted by molar-refractivity contribution is -0.137. The number of pyridine rings is 1. The zero-order chi connectivity index (χ0) is 17.2. The molecule has 5 nitrogen and oxygen atoms in total. The van der Waals surface area contributed by atoms with Crippen molar-refractivity contribution in [3.8, 4) is 5.88 Å². The lowest BCUT2D eigenvalue weighted by atomic mass is 9.89. The number of alkyl halides is 3. The van der Waals surface area contributed by atoms with E-state index in [1.807, 2.05) is 11.6 Å². The molecule has 1 fully saturated rings. The van der Waals surface area contributed by atoms with Gasteiger partial charge in [-0.15, -0.1) is 10.2 Å². The van der Waals surface area contributed by atoms with Gasteiger partial charge in [0, 0.05) is 25.2 Å². The van der Waals surface area contributed by atoms with Crippen LogP contribution in [0.25, 0.3) is 0 Å². The summed E-state index contributed by atoms with van der Waals surface area (Å²) in [6.45, 7) is 0.0323. The van der Waals surface area contributed by atoms with Crippen LogP contribution in [0.15, 0.2) is 18.3 Å². The SMILES string of the molecule is Cn1c(COc2cc(C(F)(F)F)ccn2)nnc1C1CCCCC1. The molecule has 0 radical (unpaired) electrons. The first-order chi connectivity index (χ1) is 11.4. The van der Waals surface area contributed by atoms with Gasteiger partial charge in [-0.3, -0.25) is 0 Å². The van der Waals surface area contributed by atoms with Gasteiger partial charge < -0.3 is 9.30 Å². The van der Waals surface area contributed by atoms with Gasteiger partial charge in [-0.2, -0.15) is 13.2 Å². The minimum atomic E-state index is -4.42. The molecule has 0 spiro atoms. The number of nitrogens with zero attached hydrogens (tertiary/aromatic N) is 4. The molecule has 1 aliphatic carbocycles. The molecule has 0 amide bonds. The Balaban J connectivity index is 1.68. The second-order valence-corrected chi connectivity index (χ2v) is 6.04. The predicted octanol–water partition coefficient (Wildman–Crippen LogP) is 3.86. The fraction of sp³-hybridized carbons (Fsp3) is 0.562. The standard InChI is InChI=1S/C16H19F3N4O/c1-23-13(21-22-15(23)11-5-3-2-4-6-11)10-24-14-9-12(7-8-20-14)16(17,18)19/h7-9,11H,2-6,10H2,1H3. The van der Waals surface area contributed by atoms with E-state index in [0.717, 1.165) is 37.0 Å². The molecule has 0 bridgehead atoms. The molecule has 2 aromatic heterocycles. The average Bonchev–Trinajstić information content (AvgIpc) is 2.94. The molecular weight excluding hydrogens is 321 g/mol. The van der Waals surface area contributed by atoms with E-state index in [2.05, 4.69) is 15.2 Å².